The molecule has 2 aliphatic heterocycles. The van der Waals surface area contributed by atoms with E-state index in [1.54, 1.807) is 18.2 Å². The molecular formula is C38H37N5O9-4. The first-order valence-electron chi connectivity index (χ1n) is 16.8. The van der Waals surface area contributed by atoms with Crippen molar-refractivity contribution < 1.29 is 44.4 Å². The summed E-state index contributed by atoms with van der Waals surface area (Å²) in [6, 6.07) is 3.50. The van der Waals surface area contributed by atoms with Crippen molar-refractivity contribution >= 4 is 69.1 Å². The Morgan fingerprint density at radius 2 is 1.58 bits per heavy atom. The molecule has 5 heterocycles. The van der Waals surface area contributed by atoms with Crippen LogP contribution in [0.25, 0.3) is 39.3 Å². The Morgan fingerprint density at radius 1 is 0.904 bits per heavy atom. The summed E-state index contributed by atoms with van der Waals surface area (Å²) in [4.78, 5) is 77.5. The number of hydrogen-bond acceptors (Lipinski definition) is 11. The number of carboxylic acid groups (broad SMARTS) is 4. The summed E-state index contributed by atoms with van der Waals surface area (Å²) in [5.41, 5.74) is 7.06. The highest BCUT2D eigenvalue weighted by Gasteiger charge is 2.34. The molecule has 0 saturated carbocycles. The number of allylic oxidation sites excluding steroid dienone is 1. The first-order valence-corrected chi connectivity index (χ1v) is 16.8. The van der Waals surface area contributed by atoms with E-state index in [1.165, 1.54) is 6.92 Å². The summed E-state index contributed by atoms with van der Waals surface area (Å²) >= 11 is 0. The van der Waals surface area contributed by atoms with Crippen LogP contribution in [-0.2, 0) is 36.8 Å². The van der Waals surface area contributed by atoms with Gasteiger partial charge < -0.3 is 54.9 Å². The second-order valence-corrected chi connectivity index (χ2v) is 13.1. The molecule has 14 nitrogen and oxygen atoms in total. The molecule has 3 atom stereocenters. The number of aliphatic carboxylic acids is 4. The number of carbonyl (C=O) groups excluding carboxylic acids is 5. The van der Waals surface area contributed by atoms with E-state index in [2.05, 4.69) is 21.9 Å². The third-order valence-corrected chi connectivity index (χ3v) is 9.92. The number of hydrogen-bond donors (Lipinski definition) is 3. The third-order valence-electron chi connectivity index (χ3n) is 9.92. The maximum atomic E-state index is 13.5. The predicted molar refractivity (Wildman–Crippen MR) is 183 cm³/mol. The average Bonchev–Trinajstić information content (AvgIpc) is 3.74. The van der Waals surface area contributed by atoms with Gasteiger partial charge >= 0.3 is 0 Å². The predicted octanol–water partition coefficient (Wildman–Crippen LogP) is 0.152. The Hall–Kier alpha value is -6.05. The molecule has 272 valence electrons. The lowest BCUT2D eigenvalue weighted by atomic mass is 9.84. The molecule has 0 saturated heterocycles. The smallest absolute Gasteiger partial charge is 0.225 e. The molecule has 5 rings (SSSR count). The second-order valence-electron chi connectivity index (χ2n) is 13.1. The molecule has 0 aliphatic carbocycles. The molecule has 14 heteroatoms. The molecule has 0 fully saturated rings. The number of aromatic amines is 2. The van der Waals surface area contributed by atoms with Crippen molar-refractivity contribution in [3.63, 3.8) is 0 Å². The van der Waals surface area contributed by atoms with E-state index in [1.807, 2.05) is 33.8 Å². The van der Waals surface area contributed by atoms with E-state index in [0.29, 0.717) is 23.1 Å². The molecule has 1 amide bonds. The minimum Gasteiger partial charge on any atom is -0.550 e. The molecule has 0 unspecified atom stereocenters. The van der Waals surface area contributed by atoms with E-state index in [4.69, 9.17) is 9.97 Å². The number of carboxylic acids is 4. The van der Waals surface area contributed by atoms with Crippen LogP contribution < -0.4 is 25.7 Å². The van der Waals surface area contributed by atoms with Crippen molar-refractivity contribution in [2.24, 2.45) is 0 Å². The number of nitrogens with one attached hydrogen (secondary N) is 3. The highest BCUT2D eigenvalue weighted by molar-refractivity contribution is 6.23. The summed E-state index contributed by atoms with van der Waals surface area (Å²) in [6.45, 7) is 13.2. The van der Waals surface area contributed by atoms with Gasteiger partial charge in [0.15, 0.2) is 0 Å². The van der Waals surface area contributed by atoms with Gasteiger partial charge in [-0.25, -0.2) is 4.98 Å². The lowest BCUT2D eigenvalue weighted by molar-refractivity contribution is -0.317. The Morgan fingerprint density at radius 3 is 2.17 bits per heavy atom. The van der Waals surface area contributed by atoms with Crippen molar-refractivity contribution in [3.05, 3.63) is 75.4 Å². The first kappa shape index (κ1) is 37.2. The Balaban J connectivity index is 1.96. The zero-order chi connectivity index (χ0) is 38.2. The first-order chi connectivity index (χ1) is 24.6. The largest absolute Gasteiger partial charge is 0.550 e. The molecule has 8 bridgehead atoms. The average molecular weight is 708 g/mol. The minimum absolute atomic E-state index is 0.0127. The van der Waals surface area contributed by atoms with Crippen LogP contribution in [0.4, 0.5) is 0 Å². The monoisotopic (exact) mass is 707 g/mol. The molecule has 3 aromatic heterocycles. The van der Waals surface area contributed by atoms with Crippen molar-refractivity contribution in [2.75, 3.05) is 0 Å². The van der Waals surface area contributed by atoms with Crippen molar-refractivity contribution in [2.45, 2.75) is 84.6 Å². The van der Waals surface area contributed by atoms with Crippen LogP contribution >= 0.6 is 0 Å². The van der Waals surface area contributed by atoms with Gasteiger partial charge in [0.25, 0.3) is 0 Å². The Bertz CT molecular complexity index is 2240. The van der Waals surface area contributed by atoms with Crippen LogP contribution in [0.5, 0.6) is 0 Å². The van der Waals surface area contributed by atoms with Gasteiger partial charge in [0.2, 0.25) is 5.91 Å². The zero-order valence-corrected chi connectivity index (χ0v) is 29.4. The number of nitrogens with zero attached hydrogens (tertiary/aromatic N) is 2. The van der Waals surface area contributed by atoms with E-state index >= 15 is 0 Å². The van der Waals surface area contributed by atoms with Crippen molar-refractivity contribution in [3.8, 4) is 0 Å². The maximum absolute atomic E-state index is 13.5. The van der Waals surface area contributed by atoms with E-state index in [-0.39, 0.29) is 40.2 Å². The van der Waals surface area contributed by atoms with Crippen molar-refractivity contribution in [1.29, 1.82) is 0 Å². The van der Waals surface area contributed by atoms with Crippen LogP contribution in [-0.4, -0.2) is 55.8 Å². The van der Waals surface area contributed by atoms with Crippen LogP contribution in [0.2, 0.25) is 0 Å². The van der Waals surface area contributed by atoms with Gasteiger partial charge in [-0.05, 0) is 80.5 Å². The summed E-state index contributed by atoms with van der Waals surface area (Å²) < 4.78 is 0. The number of aryl methyl sites for hydroxylation is 3. The highest BCUT2D eigenvalue weighted by atomic mass is 16.4. The van der Waals surface area contributed by atoms with Crippen LogP contribution in [0.3, 0.4) is 0 Å². The molecule has 0 spiro atoms. The summed E-state index contributed by atoms with van der Waals surface area (Å²) in [5, 5.41) is 49.6. The zero-order valence-electron chi connectivity index (χ0n) is 29.4. The lowest BCUT2D eigenvalue weighted by Gasteiger charge is -2.22. The Kier molecular flexibility index (Phi) is 10.5. The summed E-state index contributed by atoms with van der Waals surface area (Å²) in [5.74, 6) is -8.72. The van der Waals surface area contributed by atoms with Crippen LogP contribution in [0.1, 0.15) is 102 Å². The maximum Gasteiger partial charge on any atom is 0.225 e. The molecule has 2 aliphatic rings. The topological polar surface area (TPSA) is 247 Å². The number of carbonyl (C=O) groups is 5. The molecule has 3 aromatic rings. The second kappa shape index (κ2) is 14.7. The molecule has 0 radical (unpaired) electrons. The van der Waals surface area contributed by atoms with Gasteiger partial charge in [-0.3, -0.25) is 9.78 Å². The minimum atomic E-state index is -1.96. The standard InChI is InChI=1S/C38H41N5O9/c1-7-20-16(3)24-12-26-18(5)22(9-10-32(45)46)35(42-26)23(11-31(44)41-30(37(49)50)15-33(47)48)36-34(38(51)52)19(6)27(43-36)14-29-21(8-2)17(4)25(40-29)13-28(20)39-24/h7,12-14,18,22,30,39-40H,1,8-11,15H2,2-6H3,(H,41,44)(H,45,46)(H,47,48)(H,49,50)(H,51,52)/p-4/t18-,22-,30-/m0/s1. The molecule has 0 aromatic carbocycles. The van der Waals surface area contributed by atoms with Gasteiger partial charge in [-0.1, -0.05) is 26.5 Å². The van der Waals surface area contributed by atoms with Gasteiger partial charge in [0.05, 0.1) is 41.5 Å². The Labute approximate surface area is 298 Å². The number of rotatable bonds is 12. The van der Waals surface area contributed by atoms with Crippen LogP contribution in [0, 0.1) is 13.8 Å². The van der Waals surface area contributed by atoms with Gasteiger partial charge in [0, 0.05) is 74.7 Å². The normalized spacial score (nSPS) is 16.0. The summed E-state index contributed by atoms with van der Waals surface area (Å²) in [6.07, 6.45) is 0.157. The number of aromatic nitrogens is 4. The molecule has 3 N–H and O–H groups in total. The summed E-state index contributed by atoms with van der Waals surface area (Å²) in [7, 11) is 0. The van der Waals surface area contributed by atoms with Gasteiger partial charge in [-0.2, -0.15) is 0 Å². The number of H-pyrrole nitrogens is 2. The van der Waals surface area contributed by atoms with Gasteiger partial charge in [0.1, 0.15) is 0 Å². The van der Waals surface area contributed by atoms with Crippen molar-refractivity contribution in [1.82, 2.24) is 25.3 Å². The fraction of sp³-hybridized carbons (Fsp3) is 0.342. The quantitative estimate of drug-likeness (QED) is 0.229. The molecule has 52 heavy (non-hydrogen) atoms. The SMILES string of the molecule is C=Cc1c(C)c2cc3nc(c(CC(=O)N[C@@H](CC(=O)[O-])C(=O)[O-])c4nc(cc5[nH]c(cc1[nH]2)c(C)c5CC)C(C)=C4C(=O)[O-])[C@@H](CCC(=O)[O-])[C@@H]3C. The fourth-order valence-electron chi connectivity index (χ4n) is 7.12. The molecular weight excluding hydrogens is 670 g/mol. The van der Waals surface area contributed by atoms with E-state index in [9.17, 15) is 44.4 Å². The highest BCUT2D eigenvalue weighted by Crippen LogP contribution is 2.43. The van der Waals surface area contributed by atoms with E-state index in [0.717, 1.165) is 33.3 Å². The number of fused-ring (bicyclic) bond motifs is 8. The lowest BCUT2D eigenvalue weighted by Crippen LogP contribution is -2.50. The van der Waals surface area contributed by atoms with E-state index < -0.39 is 66.9 Å². The fourth-order valence-corrected chi connectivity index (χ4v) is 7.12. The van der Waals surface area contributed by atoms with Crippen LogP contribution in [0.15, 0.2) is 24.8 Å². The van der Waals surface area contributed by atoms with Gasteiger partial charge in [-0.15, -0.1) is 0 Å². The third kappa shape index (κ3) is 7.09. The number of amides is 1.